The van der Waals surface area contributed by atoms with E-state index in [1.807, 2.05) is 0 Å². The monoisotopic (exact) mass is 296 g/mol. The Morgan fingerprint density at radius 3 is 2.80 bits per heavy atom. The normalized spacial score (nSPS) is 24.3. The van der Waals surface area contributed by atoms with Crippen molar-refractivity contribution in [2.24, 2.45) is 5.92 Å². The van der Waals surface area contributed by atoms with Gasteiger partial charge >= 0.3 is 0 Å². The summed E-state index contributed by atoms with van der Waals surface area (Å²) in [7, 11) is 0. The predicted octanol–water partition coefficient (Wildman–Crippen LogP) is 3.91. The van der Waals surface area contributed by atoms with Gasteiger partial charge in [0.1, 0.15) is 6.10 Å². The van der Waals surface area contributed by atoms with E-state index < -0.39 is 0 Å². The molecule has 2 atom stereocenters. The second-order valence-corrected chi connectivity index (χ2v) is 7.94. The molecule has 1 aromatic rings. The zero-order valence-electron chi connectivity index (χ0n) is 13.4. The van der Waals surface area contributed by atoms with Crippen molar-refractivity contribution >= 4 is 11.3 Å². The van der Waals surface area contributed by atoms with E-state index in [9.17, 15) is 0 Å². The Balaban J connectivity index is 2.09. The highest BCUT2D eigenvalue weighted by Crippen LogP contribution is 2.36. The lowest BCUT2D eigenvalue weighted by molar-refractivity contribution is -0.0304. The zero-order valence-corrected chi connectivity index (χ0v) is 14.2. The first kappa shape index (κ1) is 15.9. The standard InChI is InChI=1S/C16H28N2OS/c1-11(2)17-9-12-7-6-8-19-14(12)13-10-20-15(18-13)16(3,4)5/h10-12,14,17H,6-9H2,1-5H3. The topological polar surface area (TPSA) is 34.1 Å². The fourth-order valence-corrected chi connectivity index (χ4v) is 3.46. The highest BCUT2D eigenvalue weighted by Gasteiger charge is 2.30. The molecular weight excluding hydrogens is 268 g/mol. The summed E-state index contributed by atoms with van der Waals surface area (Å²) in [4.78, 5) is 4.85. The molecule has 0 radical (unpaired) electrons. The molecule has 0 spiro atoms. The van der Waals surface area contributed by atoms with E-state index >= 15 is 0 Å². The van der Waals surface area contributed by atoms with Crippen LogP contribution in [-0.2, 0) is 10.2 Å². The fourth-order valence-electron chi connectivity index (χ4n) is 2.53. The van der Waals surface area contributed by atoms with Crippen LogP contribution in [0.2, 0.25) is 0 Å². The smallest absolute Gasteiger partial charge is 0.104 e. The molecule has 20 heavy (non-hydrogen) atoms. The summed E-state index contributed by atoms with van der Waals surface area (Å²) in [6.45, 7) is 12.9. The third-order valence-corrected chi connectivity index (χ3v) is 4.97. The molecule has 2 heterocycles. The Morgan fingerprint density at radius 1 is 1.45 bits per heavy atom. The van der Waals surface area contributed by atoms with Crippen LogP contribution in [0.15, 0.2) is 5.38 Å². The molecule has 4 heteroatoms. The van der Waals surface area contributed by atoms with Crippen molar-refractivity contribution in [3.63, 3.8) is 0 Å². The lowest BCUT2D eigenvalue weighted by atomic mass is 9.92. The molecule has 0 bridgehead atoms. The molecule has 114 valence electrons. The maximum absolute atomic E-state index is 6.04. The summed E-state index contributed by atoms with van der Waals surface area (Å²) >= 11 is 1.77. The Kier molecular flexibility index (Phi) is 5.21. The molecule has 1 aliphatic rings. The van der Waals surface area contributed by atoms with Gasteiger partial charge in [-0.3, -0.25) is 0 Å². The molecule has 0 amide bonds. The van der Waals surface area contributed by atoms with Crippen molar-refractivity contribution < 1.29 is 4.74 Å². The van der Waals surface area contributed by atoms with Crippen LogP contribution in [0, 0.1) is 5.92 Å². The number of hydrogen-bond acceptors (Lipinski definition) is 4. The quantitative estimate of drug-likeness (QED) is 0.915. The Hall–Kier alpha value is -0.450. The molecule has 0 saturated carbocycles. The number of nitrogens with zero attached hydrogens (tertiary/aromatic N) is 1. The van der Waals surface area contributed by atoms with E-state index in [0.717, 1.165) is 25.3 Å². The molecule has 1 saturated heterocycles. The van der Waals surface area contributed by atoms with Crippen molar-refractivity contribution in [1.82, 2.24) is 10.3 Å². The SMILES string of the molecule is CC(C)NCC1CCCOC1c1csc(C(C)(C)C)n1. The van der Waals surface area contributed by atoms with E-state index in [1.165, 1.54) is 11.4 Å². The second kappa shape index (κ2) is 6.54. The van der Waals surface area contributed by atoms with Crippen LogP contribution in [0.5, 0.6) is 0 Å². The number of nitrogens with one attached hydrogen (secondary N) is 1. The first-order chi connectivity index (χ1) is 9.38. The summed E-state index contributed by atoms with van der Waals surface area (Å²) in [6, 6.07) is 0.526. The summed E-state index contributed by atoms with van der Waals surface area (Å²) in [5, 5.41) is 6.95. The minimum atomic E-state index is 0.128. The summed E-state index contributed by atoms with van der Waals surface area (Å²) in [5.41, 5.74) is 1.26. The van der Waals surface area contributed by atoms with E-state index in [2.05, 4.69) is 45.3 Å². The Labute approximate surface area is 127 Å². The molecule has 1 N–H and O–H groups in total. The molecule has 2 rings (SSSR count). The van der Waals surface area contributed by atoms with Gasteiger partial charge in [0.15, 0.2) is 0 Å². The predicted molar refractivity (Wildman–Crippen MR) is 85.4 cm³/mol. The number of ether oxygens (including phenoxy) is 1. The average molecular weight is 296 g/mol. The highest BCUT2D eigenvalue weighted by atomic mass is 32.1. The van der Waals surface area contributed by atoms with Crippen LogP contribution in [0.25, 0.3) is 0 Å². The van der Waals surface area contributed by atoms with Crippen LogP contribution in [-0.4, -0.2) is 24.2 Å². The maximum atomic E-state index is 6.04. The van der Waals surface area contributed by atoms with Gasteiger partial charge in [-0.2, -0.15) is 0 Å². The minimum absolute atomic E-state index is 0.128. The molecule has 2 unspecified atom stereocenters. The van der Waals surface area contributed by atoms with Crippen molar-refractivity contribution in [3.8, 4) is 0 Å². The third-order valence-electron chi connectivity index (χ3n) is 3.69. The molecule has 1 aliphatic heterocycles. The largest absolute Gasteiger partial charge is 0.372 e. The lowest BCUT2D eigenvalue weighted by Gasteiger charge is -2.31. The number of thiazole rings is 1. The van der Waals surface area contributed by atoms with Gasteiger partial charge in [-0.15, -0.1) is 11.3 Å². The summed E-state index contributed by atoms with van der Waals surface area (Å²) < 4.78 is 6.04. The first-order valence-corrected chi connectivity index (χ1v) is 8.57. The van der Waals surface area contributed by atoms with Gasteiger partial charge < -0.3 is 10.1 Å². The number of rotatable bonds is 4. The lowest BCUT2D eigenvalue weighted by Crippen LogP contribution is -2.35. The minimum Gasteiger partial charge on any atom is -0.372 e. The van der Waals surface area contributed by atoms with Crippen molar-refractivity contribution in [2.45, 2.75) is 65.0 Å². The maximum Gasteiger partial charge on any atom is 0.104 e. The zero-order chi connectivity index (χ0) is 14.8. The molecule has 1 aromatic heterocycles. The number of aromatic nitrogens is 1. The fraction of sp³-hybridized carbons (Fsp3) is 0.812. The van der Waals surface area contributed by atoms with Gasteiger partial charge in [0.2, 0.25) is 0 Å². The molecule has 0 aromatic carbocycles. The highest BCUT2D eigenvalue weighted by molar-refractivity contribution is 7.09. The van der Waals surface area contributed by atoms with Gasteiger partial charge in [0.25, 0.3) is 0 Å². The van der Waals surface area contributed by atoms with E-state index in [4.69, 9.17) is 9.72 Å². The van der Waals surface area contributed by atoms with Gasteiger partial charge in [0.05, 0.1) is 10.7 Å². The Morgan fingerprint density at radius 2 is 2.20 bits per heavy atom. The third kappa shape index (κ3) is 4.03. The van der Waals surface area contributed by atoms with Gasteiger partial charge in [-0.25, -0.2) is 4.98 Å². The van der Waals surface area contributed by atoms with Crippen molar-refractivity contribution in [3.05, 3.63) is 16.1 Å². The van der Waals surface area contributed by atoms with E-state index in [-0.39, 0.29) is 11.5 Å². The van der Waals surface area contributed by atoms with Gasteiger partial charge in [-0.1, -0.05) is 34.6 Å². The summed E-state index contributed by atoms with van der Waals surface area (Å²) in [6.07, 6.45) is 2.56. The molecule has 1 fully saturated rings. The van der Waals surface area contributed by atoms with Crippen molar-refractivity contribution in [1.29, 1.82) is 0 Å². The summed E-state index contributed by atoms with van der Waals surface area (Å²) in [5.74, 6) is 0.543. The molecule has 0 aliphatic carbocycles. The second-order valence-electron chi connectivity index (χ2n) is 7.08. The van der Waals surface area contributed by atoms with E-state index in [1.54, 1.807) is 11.3 Å². The van der Waals surface area contributed by atoms with Crippen LogP contribution in [0.1, 0.15) is 64.3 Å². The first-order valence-electron chi connectivity index (χ1n) is 7.69. The van der Waals surface area contributed by atoms with Crippen LogP contribution in [0.3, 0.4) is 0 Å². The van der Waals surface area contributed by atoms with Crippen LogP contribution >= 0.6 is 11.3 Å². The number of hydrogen-bond donors (Lipinski definition) is 1. The van der Waals surface area contributed by atoms with Crippen LogP contribution in [0.4, 0.5) is 0 Å². The molecule has 3 nitrogen and oxygen atoms in total. The van der Waals surface area contributed by atoms with Crippen molar-refractivity contribution in [2.75, 3.05) is 13.2 Å². The van der Waals surface area contributed by atoms with Gasteiger partial charge in [-0.05, 0) is 12.8 Å². The van der Waals surface area contributed by atoms with Gasteiger partial charge in [0, 0.05) is 35.9 Å². The Bertz CT molecular complexity index is 422. The average Bonchev–Trinajstić information content (AvgIpc) is 2.86. The van der Waals surface area contributed by atoms with Crippen LogP contribution < -0.4 is 5.32 Å². The molecular formula is C16H28N2OS. The van der Waals surface area contributed by atoms with E-state index in [0.29, 0.717) is 12.0 Å².